The summed E-state index contributed by atoms with van der Waals surface area (Å²) >= 11 is 3.26. The number of rotatable bonds is 2. The summed E-state index contributed by atoms with van der Waals surface area (Å²) in [6.45, 7) is 0. The first-order valence-corrected chi connectivity index (χ1v) is 7.77. The molecule has 3 nitrogen and oxygen atoms in total. The molecule has 4 aromatic rings. The van der Waals surface area contributed by atoms with E-state index in [0.29, 0.717) is 0 Å². The molecule has 0 fully saturated rings. The van der Waals surface area contributed by atoms with Crippen LogP contribution in [-0.2, 0) is 0 Å². The SMILES string of the molecule is c1ccc2c(Sc3nc4ccccc4s3)nncc2c1. The van der Waals surface area contributed by atoms with Gasteiger partial charge in [0.1, 0.15) is 5.03 Å². The van der Waals surface area contributed by atoms with Crippen LogP contribution in [-0.4, -0.2) is 15.2 Å². The molecule has 0 spiro atoms. The fraction of sp³-hybridized carbons (Fsp3) is 0. The van der Waals surface area contributed by atoms with Gasteiger partial charge in [0, 0.05) is 10.8 Å². The summed E-state index contributed by atoms with van der Waals surface area (Å²) in [4.78, 5) is 4.63. The van der Waals surface area contributed by atoms with Crippen LogP contribution < -0.4 is 0 Å². The average molecular weight is 295 g/mol. The number of aromatic nitrogens is 3. The van der Waals surface area contributed by atoms with Crippen LogP contribution in [0.15, 0.2) is 64.1 Å². The average Bonchev–Trinajstić information content (AvgIpc) is 2.90. The summed E-state index contributed by atoms with van der Waals surface area (Å²) in [6, 6.07) is 16.3. The van der Waals surface area contributed by atoms with E-state index < -0.39 is 0 Å². The standard InChI is InChI=1S/C15H9N3S2/c1-2-6-11-10(5-1)9-16-18-14(11)20-15-17-12-7-3-4-8-13(12)19-15/h1-9H. The summed E-state index contributed by atoms with van der Waals surface area (Å²) < 4.78 is 2.19. The Labute approximate surface area is 123 Å². The van der Waals surface area contributed by atoms with E-state index in [9.17, 15) is 0 Å². The Kier molecular flexibility index (Phi) is 2.86. The molecule has 2 aromatic carbocycles. The lowest BCUT2D eigenvalue weighted by atomic mass is 10.2. The second kappa shape index (κ2) is 4.85. The van der Waals surface area contributed by atoms with Crippen molar-refractivity contribution in [1.29, 1.82) is 0 Å². The van der Waals surface area contributed by atoms with Gasteiger partial charge in [0.25, 0.3) is 0 Å². The van der Waals surface area contributed by atoms with Crippen LogP contribution in [0.4, 0.5) is 0 Å². The van der Waals surface area contributed by atoms with Gasteiger partial charge in [0.2, 0.25) is 0 Å². The first-order chi connectivity index (χ1) is 9.90. The van der Waals surface area contributed by atoms with Crippen molar-refractivity contribution in [3.05, 3.63) is 54.7 Å². The number of benzene rings is 2. The fourth-order valence-corrected chi connectivity index (χ4v) is 4.12. The highest BCUT2D eigenvalue weighted by atomic mass is 32.2. The van der Waals surface area contributed by atoms with Crippen LogP contribution in [0.1, 0.15) is 0 Å². The molecule has 4 rings (SSSR count). The minimum absolute atomic E-state index is 0.905. The topological polar surface area (TPSA) is 38.7 Å². The number of para-hydroxylation sites is 1. The highest BCUT2D eigenvalue weighted by Gasteiger charge is 2.09. The van der Waals surface area contributed by atoms with E-state index in [2.05, 4.69) is 27.3 Å². The van der Waals surface area contributed by atoms with E-state index in [4.69, 9.17) is 0 Å². The molecule has 0 amide bonds. The minimum Gasteiger partial charge on any atom is -0.229 e. The minimum atomic E-state index is 0.905. The van der Waals surface area contributed by atoms with Crippen LogP contribution in [0.25, 0.3) is 21.0 Å². The number of fused-ring (bicyclic) bond motifs is 2. The van der Waals surface area contributed by atoms with Crippen molar-refractivity contribution in [2.75, 3.05) is 0 Å². The normalized spacial score (nSPS) is 11.2. The highest BCUT2D eigenvalue weighted by Crippen LogP contribution is 2.35. The maximum absolute atomic E-state index is 4.63. The van der Waals surface area contributed by atoms with Crippen molar-refractivity contribution >= 4 is 44.1 Å². The van der Waals surface area contributed by atoms with Gasteiger partial charge in [-0.3, -0.25) is 0 Å². The molecule has 0 radical (unpaired) electrons. The lowest BCUT2D eigenvalue weighted by molar-refractivity contribution is 0.955. The number of hydrogen-bond acceptors (Lipinski definition) is 5. The van der Waals surface area contributed by atoms with E-state index in [1.54, 1.807) is 29.3 Å². The lowest BCUT2D eigenvalue weighted by Crippen LogP contribution is -1.86. The Morgan fingerprint density at radius 1 is 0.950 bits per heavy atom. The van der Waals surface area contributed by atoms with Crippen LogP contribution in [0, 0.1) is 0 Å². The van der Waals surface area contributed by atoms with Crippen molar-refractivity contribution in [2.45, 2.75) is 9.37 Å². The molecule has 0 atom stereocenters. The Bertz CT molecular complexity index is 863. The predicted molar refractivity (Wildman–Crippen MR) is 83.3 cm³/mol. The van der Waals surface area contributed by atoms with Crippen molar-refractivity contribution in [3.63, 3.8) is 0 Å². The largest absolute Gasteiger partial charge is 0.229 e. The highest BCUT2D eigenvalue weighted by molar-refractivity contribution is 8.01. The Hall–Kier alpha value is -1.98. The van der Waals surface area contributed by atoms with Gasteiger partial charge in [-0.15, -0.1) is 16.4 Å². The number of hydrogen-bond donors (Lipinski definition) is 0. The third-order valence-electron chi connectivity index (χ3n) is 2.99. The molecule has 2 aromatic heterocycles. The van der Waals surface area contributed by atoms with Gasteiger partial charge in [0.15, 0.2) is 4.34 Å². The molecule has 20 heavy (non-hydrogen) atoms. The number of nitrogens with zero attached hydrogens (tertiary/aromatic N) is 3. The van der Waals surface area contributed by atoms with Crippen molar-refractivity contribution < 1.29 is 0 Å². The molecule has 0 saturated heterocycles. The predicted octanol–water partition coefficient (Wildman–Crippen LogP) is 4.39. The van der Waals surface area contributed by atoms with Crippen LogP contribution >= 0.6 is 23.1 Å². The molecule has 0 aliphatic rings. The molecule has 5 heteroatoms. The molecule has 0 unspecified atom stereocenters. The Morgan fingerprint density at radius 3 is 2.75 bits per heavy atom. The summed E-state index contributed by atoms with van der Waals surface area (Å²) in [5.41, 5.74) is 1.04. The van der Waals surface area contributed by atoms with E-state index in [-0.39, 0.29) is 0 Å². The van der Waals surface area contributed by atoms with Crippen molar-refractivity contribution in [1.82, 2.24) is 15.2 Å². The zero-order valence-corrected chi connectivity index (χ0v) is 12.0. The van der Waals surface area contributed by atoms with E-state index in [0.717, 1.165) is 25.7 Å². The maximum atomic E-state index is 4.63. The molecule has 96 valence electrons. The monoisotopic (exact) mass is 295 g/mol. The van der Waals surface area contributed by atoms with Gasteiger partial charge >= 0.3 is 0 Å². The smallest absolute Gasteiger partial charge is 0.157 e. The van der Waals surface area contributed by atoms with E-state index >= 15 is 0 Å². The third kappa shape index (κ3) is 2.05. The van der Waals surface area contributed by atoms with Crippen LogP contribution in [0.2, 0.25) is 0 Å². The lowest BCUT2D eigenvalue weighted by Gasteiger charge is -2.01. The van der Waals surface area contributed by atoms with E-state index in [1.165, 1.54) is 4.70 Å². The molecule has 0 saturated carbocycles. The molecular formula is C15H9N3S2. The molecule has 0 aliphatic heterocycles. The first-order valence-electron chi connectivity index (χ1n) is 6.14. The molecule has 0 bridgehead atoms. The number of thiazole rings is 1. The summed E-state index contributed by atoms with van der Waals surface area (Å²) in [5, 5.41) is 11.4. The second-order valence-corrected chi connectivity index (χ2v) is 6.55. The second-order valence-electron chi connectivity index (χ2n) is 4.29. The summed E-state index contributed by atoms with van der Waals surface area (Å²) in [7, 11) is 0. The molecular weight excluding hydrogens is 286 g/mol. The first kappa shape index (κ1) is 11.8. The van der Waals surface area contributed by atoms with Crippen LogP contribution in [0.3, 0.4) is 0 Å². The van der Waals surface area contributed by atoms with Gasteiger partial charge in [-0.1, -0.05) is 36.4 Å². The van der Waals surface area contributed by atoms with Gasteiger partial charge in [-0.05, 0) is 23.9 Å². The molecule has 0 aliphatic carbocycles. The molecule has 0 N–H and O–H groups in total. The molecule has 2 heterocycles. The third-order valence-corrected chi connectivity index (χ3v) is 5.09. The zero-order valence-electron chi connectivity index (χ0n) is 10.4. The summed E-state index contributed by atoms with van der Waals surface area (Å²) in [5.74, 6) is 0. The van der Waals surface area contributed by atoms with Crippen LogP contribution in [0.5, 0.6) is 0 Å². The Morgan fingerprint density at radius 2 is 1.80 bits per heavy atom. The quantitative estimate of drug-likeness (QED) is 0.550. The Balaban J connectivity index is 1.80. The summed E-state index contributed by atoms with van der Waals surface area (Å²) in [6.07, 6.45) is 1.79. The van der Waals surface area contributed by atoms with Gasteiger partial charge in [0.05, 0.1) is 16.4 Å². The van der Waals surface area contributed by atoms with Gasteiger partial charge < -0.3 is 0 Å². The van der Waals surface area contributed by atoms with Gasteiger partial charge in [-0.25, -0.2) is 4.98 Å². The van der Waals surface area contributed by atoms with Gasteiger partial charge in [-0.2, -0.15) is 5.10 Å². The maximum Gasteiger partial charge on any atom is 0.157 e. The van der Waals surface area contributed by atoms with E-state index in [1.807, 2.05) is 36.4 Å². The van der Waals surface area contributed by atoms with Crippen molar-refractivity contribution in [2.24, 2.45) is 0 Å². The zero-order chi connectivity index (χ0) is 13.4. The van der Waals surface area contributed by atoms with Crippen molar-refractivity contribution in [3.8, 4) is 0 Å². The fourth-order valence-electron chi connectivity index (χ4n) is 2.05.